The Hall–Kier alpha value is -0.960. The maximum atomic E-state index is 12.7. The predicted octanol–water partition coefficient (Wildman–Crippen LogP) is 3.49. The van der Waals surface area contributed by atoms with Gasteiger partial charge in [0.05, 0.1) is 11.5 Å². The molecule has 3 heteroatoms. The van der Waals surface area contributed by atoms with Crippen molar-refractivity contribution in [3.05, 3.63) is 35.4 Å². The van der Waals surface area contributed by atoms with E-state index in [0.29, 0.717) is 5.56 Å². The van der Waals surface area contributed by atoms with Crippen LogP contribution in [-0.4, -0.2) is 11.5 Å². The average Bonchev–Trinajstić information content (AvgIpc) is 2.27. The second kappa shape index (κ2) is 4.91. The zero-order valence-corrected chi connectivity index (χ0v) is 9.87. The fraction of sp³-hybridized carbons (Fsp3) is 0.538. The highest BCUT2D eigenvalue weighted by Crippen LogP contribution is 2.36. The van der Waals surface area contributed by atoms with Gasteiger partial charge in [0.2, 0.25) is 6.43 Å². The van der Waals surface area contributed by atoms with Crippen LogP contribution in [0.1, 0.15) is 31.4 Å². The van der Waals surface area contributed by atoms with Gasteiger partial charge in [-0.1, -0.05) is 43.7 Å². The summed E-state index contributed by atoms with van der Waals surface area (Å²) in [5.41, 5.74) is 0.169. The second-order valence-corrected chi connectivity index (χ2v) is 4.27. The molecule has 0 bridgehead atoms. The van der Waals surface area contributed by atoms with Crippen molar-refractivity contribution in [3.8, 4) is 0 Å². The van der Waals surface area contributed by atoms with Crippen LogP contribution in [0.2, 0.25) is 0 Å². The van der Waals surface area contributed by atoms with E-state index in [1.54, 1.807) is 19.1 Å². The van der Waals surface area contributed by atoms with E-state index in [9.17, 15) is 13.9 Å². The van der Waals surface area contributed by atoms with Crippen molar-refractivity contribution >= 4 is 0 Å². The highest BCUT2D eigenvalue weighted by Gasteiger charge is 2.39. The molecule has 1 aromatic rings. The number of rotatable bonds is 4. The maximum Gasteiger partial charge on any atom is 0.244 e. The van der Waals surface area contributed by atoms with Gasteiger partial charge in [-0.3, -0.25) is 0 Å². The van der Waals surface area contributed by atoms with Crippen LogP contribution in [0.3, 0.4) is 0 Å². The van der Waals surface area contributed by atoms with Crippen LogP contribution in [0.4, 0.5) is 8.78 Å². The molecule has 0 aliphatic heterocycles. The van der Waals surface area contributed by atoms with Crippen molar-refractivity contribution in [3.63, 3.8) is 0 Å². The van der Waals surface area contributed by atoms with Crippen LogP contribution in [0, 0.1) is 12.8 Å². The van der Waals surface area contributed by atoms with Crippen LogP contribution in [0.5, 0.6) is 0 Å². The minimum absolute atomic E-state index is 0.279. The summed E-state index contributed by atoms with van der Waals surface area (Å²) in [4.78, 5) is 0. The molecule has 90 valence electrons. The monoisotopic (exact) mass is 228 g/mol. The van der Waals surface area contributed by atoms with Crippen LogP contribution in [0.15, 0.2) is 24.3 Å². The van der Waals surface area contributed by atoms with E-state index in [0.717, 1.165) is 5.56 Å². The molecule has 2 unspecified atom stereocenters. The Morgan fingerprint density at radius 3 is 2.12 bits per heavy atom. The quantitative estimate of drug-likeness (QED) is 0.836. The van der Waals surface area contributed by atoms with Crippen LogP contribution >= 0.6 is 0 Å². The molecule has 2 atom stereocenters. The van der Waals surface area contributed by atoms with Gasteiger partial charge in [0.25, 0.3) is 0 Å². The molecule has 1 rings (SSSR count). The zero-order valence-electron chi connectivity index (χ0n) is 9.87. The third-order valence-electron chi connectivity index (χ3n) is 3.22. The molecule has 1 aromatic carbocycles. The fourth-order valence-electron chi connectivity index (χ4n) is 1.84. The summed E-state index contributed by atoms with van der Waals surface area (Å²) >= 11 is 0. The van der Waals surface area contributed by atoms with Gasteiger partial charge in [0.15, 0.2) is 0 Å². The summed E-state index contributed by atoms with van der Waals surface area (Å²) in [6, 6.07) is 7.09. The molecule has 0 aliphatic rings. The molecule has 0 saturated heterocycles. The molecule has 1 N–H and O–H groups in total. The lowest BCUT2D eigenvalue weighted by Gasteiger charge is -2.33. The normalized spacial score (nSPS) is 17.2. The van der Waals surface area contributed by atoms with Gasteiger partial charge in [-0.2, -0.15) is 0 Å². The highest BCUT2D eigenvalue weighted by atomic mass is 19.3. The number of benzene rings is 1. The smallest absolute Gasteiger partial charge is 0.244 e. The predicted molar refractivity (Wildman–Crippen MR) is 60.5 cm³/mol. The van der Waals surface area contributed by atoms with Crippen molar-refractivity contribution < 1.29 is 13.9 Å². The van der Waals surface area contributed by atoms with Gasteiger partial charge in [-0.15, -0.1) is 0 Å². The molecule has 0 aliphatic carbocycles. The first-order valence-electron chi connectivity index (χ1n) is 5.49. The van der Waals surface area contributed by atoms with E-state index >= 15 is 0 Å². The summed E-state index contributed by atoms with van der Waals surface area (Å²) in [5.74, 6) is -1.07. The molecule has 0 fully saturated rings. The fourth-order valence-corrected chi connectivity index (χ4v) is 1.84. The van der Waals surface area contributed by atoms with Crippen molar-refractivity contribution in [1.82, 2.24) is 0 Å². The third-order valence-corrected chi connectivity index (χ3v) is 3.22. The Morgan fingerprint density at radius 2 is 1.75 bits per heavy atom. The molecule has 0 heterocycles. The Morgan fingerprint density at radius 1 is 1.25 bits per heavy atom. The van der Waals surface area contributed by atoms with Crippen LogP contribution < -0.4 is 0 Å². The minimum atomic E-state index is -2.52. The zero-order chi connectivity index (χ0) is 12.3. The van der Waals surface area contributed by atoms with E-state index in [-0.39, 0.29) is 6.42 Å². The standard InChI is InChI=1S/C13H18F2O/c1-4-13(16,10(3)12(14)15)11-7-5-9(2)6-8-11/h5-8,10,12,16H,4H2,1-3H3. The van der Waals surface area contributed by atoms with Crippen molar-refractivity contribution in [1.29, 1.82) is 0 Å². The summed E-state index contributed by atoms with van der Waals surface area (Å²) in [6.45, 7) is 5.03. The molecular formula is C13H18F2O. The second-order valence-electron chi connectivity index (χ2n) is 4.27. The molecule has 0 amide bonds. The van der Waals surface area contributed by atoms with Crippen LogP contribution in [-0.2, 0) is 5.60 Å². The van der Waals surface area contributed by atoms with Gasteiger partial charge in [0, 0.05) is 0 Å². The first-order chi connectivity index (χ1) is 7.41. The minimum Gasteiger partial charge on any atom is -0.385 e. The Kier molecular flexibility index (Phi) is 4.03. The first-order valence-corrected chi connectivity index (χ1v) is 5.49. The number of alkyl halides is 2. The topological polar surface area (TPSA) is 20.2 Å². The number of aliphatic hydroxyl groups is 1. The molecule has 0 aromatic heterocycles. The van der Waals surface area contributed by atoms with Crippen molar-refractivity contribution in [2.75, 3.05) is 0 Å². The average molecular weight is 228 g/mol. The lowest BCUT2D eigenvalue weighted by Crippen LogP contribution is -2.36. The highest BCUT2D eigenvalue weighted by molar-refractivity contribution is 5.27. The third kappa shape index (κ3) is 2.40. The van der Waals surface area contributed by atoms with Gasteiger partial charge in [0.1, 0.15) is 0 Å². The van der Waals surface area contributed by atoms with Gasteiger partial charge in [-0.25, -0.2) is 8.78 Å². The van der Waals surface area contributed by atoms with E-state index in [1.807, 2.05) is 19.1 Å². The van der Waals surface area contributed by atoms with Crippen molar-refractivity contribution in [2.45, 2.75) is 39.2 Å². The van der Waals surface area contributed by atoms with Crippen molar-refractivity contribution in [2.24, 2.45) is 5.92 Å². The number of halogens is 2. The molecule has 0 saturated carbocycles. The summed E-state index contributed by atoms with van der Waals surface area (Å²) < 4.78 is 25.4. The summed E-state index contributed by atoms with van der Waals surface area (Å²) in [7, 11) is 0. The lowest BCUT2D eigenvalue weighted by atomic mass is 9.80. The number of hydrogen-bond acceptors (Lipinski definition) is 1. The number of hydrogen-bond donors (Lipinski definition) is 1. The molecule has 0 radical (unpaired) electrons. The molecule has 1 nitrogen and oxygen atoms in total. The number of aryl methyl sites for hydroxylation is 1. The Bertz CT molecular complexity index is 334. The first kappa shape index (κ1) is 13.1. The summed E-state index contributed by atoms with van der Waals surface area (Å²) in [5, 5.41) is 10.3. The van der Waals surface area contributed by atoms with Gasteiger partial charge >= 0.3 is 0 Å². The van der Waals surface area contributed by atoms with E-state index in [1.165, 1.54) is 6.92 Å². The molecule has 0 spiro atoms. The van der Waals surface area contributed by atoms with E-state index in [2.05, 4.69) is 0 Å². The van der Waals surface area contributed by atoms with Gasteiger partial charge in [-0.05, 0) is 18.9 Å². The van der Waals surface area contributed by atoms with Gasteiger partial charge < -0.3 is 5.11 Å². The molecule has 16 heavy (non-hydrogen) atoms. The Labute approximate surface area is 95.1 Å². The van der Waals surface area contributed by atoms with Crippen LogP contribution in [0.25, 0.3) is 0 Å². The maximum absolute atomic E-state index is 12.7. The summed E-state index contributed by atoms with van der Waals surface area (Å²) in [6.07, 6.45) is -2.24. The molecular weight excluding hydrogens is 210 g/mol. The lowest BCUT2D eigenvalue weighted by molar-refractivity contribution is -0.0847. The SMILES string of the molecule is CCC(O)(c1ccc(C)cc1)C(C)C(F)F. The largest absolute Gasteiger partial charge is 0.385 e. The van der Waals surface area contributed by atoms with E-state index in [4.69, 9.17) is 0 Å². The van der Waals surface area contributed by atoms with E-state index < -0.39 is 17.9 Å². The Balaban J connectivity index is 3.09.